The van der Waals surface area contributed by atoms with Crippen LogP contribution < -0.4 is 10.1 Å². The van der Waals surface area contributed by atoms with Gasteiger partial charge in [0.15, 0.2) is 5.69 Å². The van der Waals surface area contributed by atoms with Crippen LogP contribution in [-0.2, 0) is 7.05 Å². The summed E-state index contributed by atoms with van der Waals surface area (Å²) in [5.41, 5.74) is 1.02. The Morgan fingerprint density at radius 2 is 2.19 bits per heavy atom. The molecule has 2 N–H and O–H groups in total. The van der Waals surface area contributed by atoms with Gasteiger partial charge in [-0.2, -0.15) is 4.57 Å². The van der Waals surface area contributed by atoms with E-state index in [-0.39, 0.29) is 18.9 Å². The number of aromatic amines is 1. The number of imidazole rings is 1. The second-order valence-electron chi connectivity index (χ2n) is 3.50. The Morgan fingerprint density at radius 1 is 1.50 bits per heavy atom. The van der Waals surface area contributed by atoms with Crippen molar-refractivity contribution in [2.45, 2.75) is 14.4 Å². The highest BCUT2D eigenvalue weighted by Gasteiger charge is 2.14. The molecule has 0 fully saturated rings. The smallest absolute Gasteiger partial charge is 0.251 e. The van der Waals surface area contributed by atoms with E-state index in [4.69, 9.17) is 0 Å². The third-order valence-corrected chi connectivity index (χ3v) is 2.21. The number of hydrogen-bond acceptors (Lipinski definition) is 2. The van der Waals surface area contributed by atoms with E-state index in [1.807, 2.05) is 17.8 Å². The summed E-state index contributed by atoms with van der Waals surface area (Å²) in [5, 5.41) is 9.65. The number of aromatic nitrogens is 3. The Hall–Kier alpha value is -2.04. The van der Waals surface area contributed by atoms with Gasteiger partial charge < -0.3 is 5.11 Å². The molecule has 0 aliphatic rings. The number of H-pyrrole nitrogens is 1. The predicted octanol–water partition coefficient (Wildman–Crippen LogP) is 0.640. The molecule has 0 saturated carbocycles. The first-order valence-corrected chi connectivity index (χ1v) is 4.54. The number of nitrogens with zero attached hydrogens (tertiary/aromatic N) is 2. The van der Waals surface area contributed by atoms with Crippen LogP contribution in [0.25, 0.3) is 5.69 Å². The van der Waals surface area contributed by atoms with Gasteiger partial charge in [-0.3, -0.25) is 9.78 Å². The first kappa shape index (κ1) is 12.0. The molecule has 0 aliphatic heterocycles. The molecule has 0 spiro atoms. The fourth-order valence-electron chi connectivity index (χ4n) is 1.57. The lowest BCUT2D eigenvalue weighted by Crippen LogP contribution is -2.23. The topological polar surface area (TPSA) is 61.9 Å². The van der Waals surface area contributed by atoms with Gasteiger partial charge in [0.25, 0.3) is 5.56 Å². The van der Waals surface area contributed by atoms with Crippen LogP contribution in [0.15, 0.2) is 29.6 Å². The number of pyridine rings is 1. The van der Waals surface area contributed by atoms with Crippen LogP contribution in [0, 0.1) is 6.92 Å². The second kappa shape index (κ2) is 4.22. The maximum Gasteiger partial charge on any atom is 0.251 e. The van der Waals surface area contributed by atoms with Gasteiger partial charge >= 0.3 is 0 Å². The van der Waals surface area contributed by atoms with Crippen molar-refractivity contribution >= 4 is 0 Å². The molecule has 0 amide bonds. The molecule has 0 aliphatic carbocycles. The van der Waals surface area contributed by atoms with Crippen molar-refractivity contribution in [3.63, 3.8) is 0 Å². The number of hydrogen-bond donors (Lipinski definition) is 2. The van der Waals surface area contributed by atoms with E-state index in [0.717, 1.165) is 5.56 Å². The van der Waals surface area contributed by atoms with E-state index in [1.54, 1.807) is 24.0 Å². The van der Waals surface area contributed by atoms with Gasteiger partial charge in [-0.1, -0.05) is 7.43 Å². The lowest BCUT2D eigenvalue weighted by atomic mass is 10.2. The highest BCUT2D eigenvalue weighted by atomic mass is 16.3. The first-order valence-electron chi connectivity index (χ1n) is 4.54. The molecule has 2 rings (SSSR count). The summed E-state index contributed by atoms with van der Waals surface area (Å²) < 4.78 is 3.60. The van der Waals surface area contributed by atoms with Crippen molar-refractivity contribution in [1.82, 2.24) is 9.55 Å². The maximum atomic E-state index is 11.1. The quantitative estimate of drug-likeness (QED) is 0.695. The molecule has 0 unspecified atom stereocenters. The van der Waals surface area contributed by atoms with Gasteiger partial charge in [0.05, 0.1) is 7.05 Å². The van der Waals surface area contributed by atoms with E-state index in [9.17, 15) is 9.90 Å². The molecule has 2 heterocycles. The molecule has 16 heavy (non-hydrogen) atoms. The summed E-state index contributed by atoms with van der Waals surface area (Å²) in [5.74, 6) is -0.115. The average Bonchev–Trinajstić information content (AvgIpc) is 2.49. The van der Waals surface area contributed by atoms with Crippen LogP contribution in [0.2, 0.25) is 0 Å². The highest BCUT2D eigenvalue weighted by Crippen LogP contribution is 2.19. The van der Waals surface area contributed by atoms with E-state index >= 15 is 0 Å². The molecular weight excluding hydrogens is 206 g/mol. The molecule has 2 aromatic rings. The normalized spacial score (nSPS) is 9.88. The summed E-state index contributed by atoms with van der Waals surface area (Å²) in [6, 6.07) is 1.45. The lowest BCUT2D eigenvalue weighted by Gasteiger charge is -2.02. The van der Waals surface area contributed by atoms with Crippen LogP contribution in [0.4, 0.5) is 0 Å². The van der Waals surface area contributed by atoms with Crippen molar-refractivity contribution in [3.05, 3.63) is 40.7 Å². The van der Waals surface area contributed by atoms with Crippen molar-refractivity contribution in [1.29, 1.82) is 0 Å². The summed E-state index contributed by atoms with van der Waals surface area (Å²) in [7, 11) is 1.88. The molecule has 0 atom stereocenters. The Bertz CT molecular complexity index is 528. The maximum absolute atomic E-state index is 11.1. The van der Waals surface area contributed by atoms with Crippen molar-refractivity contribution in [2.24, 2.45) is 7.05 Å². The van der Waals surface area contributed by atoms with E-state index in [2.05, 4.69) is 4.98 Å². The zero-order valence-corrected chi connectivity index (χ0v) is 8.56. The van der Waals surface area contributed by atoms with E-state index < -0.39 is 0 Å². The summed E-state index contributed by atoms with van der Waals surface area (Å²) in [6.07, 6.45) is 5.46. The van der Waals surface area contributed by atoms with Crippen LogP contribution in [0.5, 0.6) is 5.88 Å². The number of rotatable bonds is 1. The first-order chi connectivity index (χ1) is 7.08. The Morgan fingerprint density at radius 3 is 2.69 bits per heavy atom. The van der Waals surface area contributed by atoms with Crippen molar-refractivity contribution < 1.29 is 9.67 Å². The van der Waals surface area contributed by atoms with Gasteiger partial charge in [0.1, 0.15) is 12.4 Å². The minimum Gasteiger partial charge on any atom is -0.492 e. The fraction of sp³-hybridized carbons (Fsp3) is 0.273. The van der Waals surface area contributed by atoms with Crippen molar-refractivity contribution in [3.8, 4) is 11.6 Å². The van der Waals surface area contributed by atoms with Gasteiger partial charge in [0.2, 0.25) is 12.2 Å². The SMILES string of the molecule is C.Cc1cc(=O)[nH]c(O)c1-n1cc[n+](C)c1. The van der Waals surface area contributed by atoms with Crippen LogP contribution in [-0.4, -0.2) is 14.7 Å². The standard InChI is InChI=1S/C10H11N3O2.CH4/c1-7-5-8(14)11-10(15)9(7)13-4-3-12(2)6-13;/h3-6H,1-2H3,(H-,11,14,15);1H4/p+1. The molecule has 2 aromatic heterocycles. The van der Waals surface area contributed by atoms with Crippen molar-refractivity contribution in [2.75, 3.05) is 0 Å². The van der Waals surface area contributed by atoms with E-state index in [0.29, 0.717) is 5.69 Å². The molecule has 0 radical (unpaired) electrons. The zero-order valence-electron chi connectivity index (χ0n) is 8.56. The second-order valence-corrected chi connectivity index (χ2v) is 3.50. The Kier molecular flexibility index (Phi) is 3.17. The van der Waals surface area contributed by atoms with Gasteiger partial charge in [-0.25, -0.2) is 4.57 Å². The molecule has 0 aromatic carbocycles. The monoisotopic (exact) mass is 222 g/mol. The van der Waals surface area contributed by atoms with Gasteiger partial charge in [0, 0.05) is 11.6 Å². The summed E-state index contributed by atoms with van der Waals surface area (Å²) in [6.45, 7) is 1.78. The fourth-order valence-corrected chi connectivity index (χ4v) is 1.57. The van der Waals surface area contributed by atoms with Crippen LogP contribution >= 0.6 is 0 Å². The molecule has 5 nitrogen and oxygen atoms in total. The zero-order chi connectivity index (χ0) is 11.0. The number of aromatic hydroxyl groups is 1. The minimum absolute atomic E-state index is 0. The molecule has 0 bridgehead atoms. The molecule has 0 saturated heterocycles. The third kappa shape index (κ3) is 1.98. The summed E-state index contributed by atoms with van der Waals surface area (Å²) >= 11 is 0. The number of nitrogens with one attached hydrogen (secondary N) is 1. The molecule has 86 valence electrons. The predicted molar refractivity (Wildman–Crippen MR) is 60.7 cm³/mol. The largest absolute Gasteiger partial charge is 0.492 e. The average molecular weight is 222 g/mol. The van der Waals surface area contributed by atoms with Crippen LogP contribution in [0.3, 0.4) is 0 Å². The Balaban J connectivity index is 0.00000128. The van der Waals surface area contributed by atoms with Crippen LogP contribution in [0.1, 0.15) is 13.0 Å². The van der Waals surface area contributed by atoms with Gasteiger partial charge in [-0.05, 0) is 6.92 Å². The lowest BCUT2D eigenvalue weighted by molar-refractivity contribution is -0.670. The van der Waals surface area contributed by atoms with E-state index in [1.165, 1.54) is 6.07 Å². The highest BCUT2D eigenvalue weighted by molar-refractivity contribution is 5.46. The minimum atomic E-state index is -0.301. The molecule has 5 heteroatoms. The Labute approximate surface area is 93.6 Å². The van der Waals surface area contributed by atoms with Gasteiger partial charge in [-0.15, -0.1) is 0 Å². The molecular formula is C11H16N3O2+. The number of aryl methyl sites for hydroxylation is 2. The third-order valence-electron chi connectivity index (χ3n) is 2.21. The summed E-state index contributed by atoms with van der Waals surface area (Å²) in [4.78, 5) is 13.4.